The van der Waals surface area contributed by atoms with E-state index in [0.29, 0.717) is 16.5 Å². The zero-order chi connectivity index (χ0) is 16.9. The lowest BCUT2D eigenvalue weighted by Gasteiger charge is -2.21. The van der Waals surface area contributed by atoms with Gasteiger partial charge in [-0.15, -0.1) is 0 Å². The lowest BCUT2D eigenvalue weighted by Crippen LogP contribution is -2.30. The number of rotatable bonds is 7. The number of hydrogen-bond donors (Lipinski definition) is 1. The number of hydrogen-bond acceptors (Lipinski definition) is 2. The molecule has 23 heavy (non-hydrogen) atoms. The molecule has 0 saturated heterocycles. The van der Waals surface area contributed by atoms with Crippen LogP contribution in [0.3, 0.4) is 0 Å². The van der Waals surface area contributed by atoms with E-state index in [4.69, 9.17) is 11.6 Å². The van der Waals surface area contributed by atoms with E-state index in [1.54, 1.807) is 24.3 Å². The zero-order valence-electron chi connectivity index (χ0n) is 13.4. The van der Waals surface area contributed by atoms with Crippen LogP contribution in [0.1, 0.15) is 37.4 Å². The molecule has 0 amide bonds. The van der Waals surface area contributed by atoms with Crippen molar-refractivity contribution in [2.75, 3.05) is 0 Å². The van der Waals surface area contributed by atoms with Gasteiger partial charge in [-0.3, -0.25) is 0 Å². The van der Waals surface area contributed by atoms with Crippen LogP contribution in [0.2, 0.25) is 5.02 Å². The van der Waals surface area contributed by atoms with E-state index in [1.165, 1.54) is 0 Å². The van der Waals surface area contributed by atoms with Gasteiger partial charge in [-0.2, -0.15) is 0 Å². The SMILES string of the molecule is CC(C)C[C@H](NS(=O)(=O)Cc1cccc(Cl)c1)c1ccccc1. The first-order valence-electron chi connectivity index (χ1n) is 7.65. The van der Waals surface area contributed by atoms with Gasteiger partial charge in [-0.25, -0.2) is 13.1 Å². The van der Waals surface area contributed by atoms with Crippen molar-refractivity contribution in [3.63, 3.8) is 0 Å². The topological polar surface area (TPSA) is 46.2 Å². The van der Waals surface area contributed by atoms with E-state index in [1.807, 2.05) is 30.3 Å². The van der Waals surface area contributed by atoms with Gasteiger partial charge < -0.3 is 0 Å². The van der Waals surface area contributed by atoms with E-state index in [9.17, 15) is 8.42 Å². The van der Waals surface area contributed by atoms with Crippen LogP contribution in [0.25, 0.3) is 0 Å². The van der Waals surface area contributed by atoms with Gasteiger partial charge in [-0.1, -0.05) is 67.9 Å². The van der Waals surface area contributed by atoms with Crippen LogP contribution in [0.15, 0.2) is 54.6 Å². The molecule has 0 radical (unpaired) electrons. The van der Waals surface area contributed by atoms with E-state index in [0.717, 1.165) is 12.0 Å². The molecule has 1 N–H and O–H groups in total. The highest BCUT2D eigenvalue weighted by molar-refractivity contribution is 7.88. The molecule has 0 aliphatic rings. The molecular formula is C18H22ClNO2S. The molecule has 2 aromatic rings. The minimum atomic E-state index is -3.45. The molecule has 0 saturated carbocycles. The van der Waals surface area contributed by atoms with Crippen molar-refractivity contribution in [3.8, 4) is 0 Å². The molecule has 0 aromatic heterocycles. The Kier molecular flexibility index (Phi) is 6.22. The van der Waals surface area contributed by atoms with Gasteiger partial charge in [0, 0.05) is 11.1 Å². The third kappa shape index (κ3) is 5.98. The second kappa shape index (κ2) is 7.95. The van der Waals surface area contributed by atoms with Crippen molar-refractivity contribution >= 4 is 21.6 Å². The van der Waals surface area contributed by atoms with Gasteiger partial charge in [0.25, 0.3) is 0 Å². The molecule has 0 unspecified atom stereocenters. The van der Waals surface area contributed by atoms with Crippen molar-refractivity contribution in [3.05, 3.63) is 70.7 Å². The Morgan fingerprint density at radius 1 is 1.04 bits per heavy atom. The van der Waals surface area contributed by atoms with Gasteiger partial charge in [0.1, 0.15) is 0 Å². The predicted molar refractivity (Wildman–Crippen MR) is 95.8 cm³/mol. The van der Waals surface area contributed by atoms with Crippen LogP contribution >= 0.6 is 11.6 Å². The van der Waals surface area contributed by atoms with Crippen LogP contribution in [0.4, 0.5) is 0 Å². The van der Waals surface area contributed by atoms with Crippen LogP contribution in [-0.4, -0.2) is 8.42 Å². The quantitative estimate of drug-likeness (QED) is 0.795. The van der Waals surface area contributed by atoms with E-state index in [-0.39, 0.29) is 11.8 Å². The monoisotopic (exact) mass is 351 g/mol. The lowest BCUT2D eigenvalue weighted by molar-refractivity contribution is 0.472. The average Bonchev–Trinajstić information content (AvgIpc) is 2.46. The molecule has 0 bridgehead atoms. The van der Waals surface area contributed by atoms with Crippen LogP contribution in [0, 0.1) is 5.92 Å². The van der Waals surface area contributed by atoms with Crippen LogP contribution < -0.4 is 4.72 Å². The van der Waals surface area contributed by atoms with Gasteiger partial charge >= 0.3 is 0 Å². The number of benzene rings is 2. The Balaban J connectivity index is 2.17. The number of nitrogens with one attached hydrogen (secondary N) is 1. The summed E-state index contributed by atoms with van der Waals surface area (Å²) >= 11 is 5.93. The minimum Gasteiger partial charge on any atom is -0.212 e. The molecule has 0 fully saturated rings. The number of halogens is 1. The Labute approximate surface area is 143 Å². The van der Waals surface area contributed by atoms with E-state index in [2.05, 4.69) is 18.6 Å². The fourth-order valence-electron chi connectivity index (χ4n) is 2.51. The third-order valence-electron chi connectivity index (χ3n) is 3.48. The molecule has 2 aromatic carbocycles. The Bertz CT molecular complexity index is 730. The summed E-state index contributed by atoms with van der Waals surface area (Å²) in [5.41, 5.74) is 1.66. The summed E-state index contributed by atoms with van der Waals surface area (Å²) in [6.07, 6.45) is 0.749. The fraction of sp³-hybridized carbons (Fsp3) is 0.333. The maximum absolute atomic E-state index is 12.5. The Morgan fingerprint density at radius 2 is 1.74 bits per heavy atom. The molecule has 0 spiro atoms. The molecule has 5 heteroatoms. The lowest BCUT2D eigenvalue weighted by atomic mass is 9.98. The Morgan fingerprint density at radius 3 is 2.35 bits per heavy atom. The summed E-state index contributed by atoms with van der Waals surface area (Å²) in [6, 6.07) is 16.4. The number of sulfonamides is 1. The highest BCUT2D eigenvalue weighted by Gasteiger charge is 2.21. The van der Waals surface area contributed by atoms with Crippen molar-refractivity contribution < 1.29 is 8.42 Å². The van der Waals surface area contributed by atoms with Gasteiger partial charge in [0.2, 0.25) is 10.0 Å². The molecule has 2 rings (SSSR count). The molecular weight excluding hydrogens is 330 g/mol. The van der Waals surface area contributed by atoms with Crippen molar-refractivity contribution in [1.82, 2.24) is 4.72 Å². The highest BCUT2D eigenvalue weighted by Crippen LogP contribution is 2.23. The third-order valence-corrected chi connectivity index (χ3v) is 5.07. The largest absolute Gasteiger partial charge is 0.216 e. The normalized spacial score (nSPS) is 13.2. The van der Waals surface area contributed by atoms with Crippen molar-refractivity contribution in [1.29, 1.82) is 0 Å². The van der Waals surface area contributed by atoms with Crippen LogP contribution in [0.5, 0.6) is 0 Å². The van der Waals surface area contributed by atoms with Crippen molar-refractivity contribution in [2.24, 2.45) is 5.92 Å². The first-order valence-corrected chi connectivity index (χ1v) is 9.68. The highest BCUT2D eigenvalue weighted by atomic mass is 35.5. The summed E-state index contributed by atoms with van der Waals surface area (Å²) in [6.45, 7) is 4.17. The maximum atomic E-state index is 12.5. The molecule has 0 aliphatic carbocycles. The average molecular weight is 352 g/mol. The van der Waals surface area contributed by atoms with E-state index < -0.39 is 10.0 Å². The van der Waals surface area contributed by atoms with Gasteiger partial charge in [0.05, 0.1) is 5.75 Å². The fourth-order valence-corrected chi connectivity index (χ4v) is 4.09. The van der Waals surface area contributed by atoms with E-state index >= 15 is 0 Å². The smallest absolute Gasteiger partial charge is 0.212 e. The van der Waals surface area contributed by atoms with Crippen molar-refractivity contribution in [2.45, 2.75) is 32.1 Å². The minimum absolute atomic E-state index is 0.0744. The summed E-state index contributed by atoms with van der Waals surface area (Å²) in [5.74, 6) is 0.309. The molecule has 0 aliphatic heterocycles. The van der Waals surface area contributed by atoms with Crippen LogP contribution in [-0.2, 0) is 15.8 Å². The standard InChI is InChI=1S/C18H22ClNO2S/c1-14(2)11-18(16-8-4-3-5-9-16)20-23(21,22)13-15-7-6-10-17(19)12-15/h3-10,12,14,18,20H,11,13H2,1-2H3/t18-/m0/s1. The second-order valence-corrected chi connectivity index (χ2v) is 8.29. The molecule has 0 heterocycles. The summed E-state index contributed by atoms with van der Waals surface area (Å²) in [7, 11) is -3.45. The molecule has 1 atom stereocenters. The van der Waals surface area contributed by atoms with Gasteiger partial charge in [0.15, 0.2) is 0 Å². The summed E-state index contributed by atoms with van der Waals surface area (Å²) in [4.78, 5) is 0. The molecule has 3 nitrogen and oxygen atoms in total. The first kappa shape index (κ1) is 18.0. The predicted octanol–water partition coefficient (Wildman–Crippen LogP) is 4.55. The molecule has 124 valence electrons. The Hall–Kier alpha value is -1.36. The maximum Gasteiger partial charge on any atom is 0.216 e. The van der Waals surface area contributed by atoms with Gasteiger partial charge in [-0.05, 0) is 35.6 Å². The summed E-state index contributed by atoms with van der Waals surface area (Å²) in [5, 5.41) is 0.541. The first-order chi connectivity index (χ1) is 10.9. The summed E-state index contributed by atoms with van der Waals surface area (Å²) < 4.78 is 27.9. The second-order valence-electron chi connectivity index (χ2n) is 6.10. The zero-order valence-corrected chi connectivity index (χ0v) is 14.9.